The number of aryl methyl sites for hydroxylation is 1. The van der Waals surface area contributed by atoms with Gasteiger partial charge >= 0.3 is 5.69 Å². The molecule has 4 atom stereocenters. The zero-order valence-corrected chi connectivity index (χ0v) is 27.1. The molecule has 11 nitrogen and oxygen atoms in total. The third kappa shape index (κ3) is 5.40. The smallest absolute Gasteiger partial charge is 0.330 e. The lowest BCUT2D eigenvalue weighted by Crippen LogP contribution is -2.59. The second-order valence-electron chi connectivity index (χ2n) is 13.3. The fourth-order valence-corrected chi connectivity index (χ4v) is 7.50. The molecule has 216 valence electrons. The fourth-order valence-electron chi connectivity index (χ4n) is 3.99. The van der Waals surface area contributed by atoms with Crippen molar-refractivity contribution in [2.75, 3.05) is 6.61 Å². The van der Waals surface area contributed by atoms with E-state index >= 15 is 0 Å². The van der Waals surface area contributed by atoms with Gasteiger partial charge in [0.05, 0.1) is 17.7 Å². The second kappa shape index (κ2) is 9.52. The summed E-state index contributed by atoms with van der Waals surface area (Å²) in [6.07, 6.45) is -1.93. The summed E-state index contributed by atoms with van der Waals surface area (Å²) in [5, 5.41) is 0.462. The Balaban J connectivity index is 2.24. The second-order valence-corrected chi connectivity index (χ2v) is 24.3. The van der Waals surface area contributed by atoms with Gasteiger partial charge in [0, 0.05) is 11.8 Å². The number of aromatic amines is 1. The average molecular weight is 590 g/mol. The van der Waals surface area contributed by atoms with Crippen molar-refractivity contribution in [1.29, 1.82) is 0 Å². The lowest BCUT2D eigenvalue weighted by atomic mass is 9.89. The van der Waals surface area contributed by atoms with Crippen LogP contribution in [0.1, 0.15) is 53.3 Å². The highest BCUT2D eigenvalue weighted by Crippen LogP contribution is 2.52. The number of hydrogen-bond acceptors (Lipinski definition) is 9. The Kier molecular flexibility index (Phi) is 7.76. The van der Waals surface area contributed by atoms with Crippen LogP contribution in [0.25, 0.3) is 0 Å². The number of hydrogen-bond donors (Lipinski definition) is 2. The number of rotatable bonds is 6. The van der Waals surface area contributed by atoms with E-state index in [1.807, 2.05) is 33.9 Å². The fraction of sp³-hybridized carbons (Fsp3) is 0.750. The lowest BCUT2D eigenvalue weighted by Gasteiger charge is -2.43. The first-order valence-corrected chi connectivity index (χ1v) is 20.0. The van der Waals surface area contributed by atoms with Gasteiger partial charge in [-0.25, -0.2) is 8.98 Å². The molecule has 1 fully saturated rings. The molecule has 1 unspecified atom stereocenters. The van der Waals surface area contributed by atoms with Crippen LogP contribution in [0, 0.1) is 6.92 Å². The molecule has 0 aromatic carbocycles. The van der Waals surface area contributed by atoms with Crippen molar-refractivity contribution in [3.8, 4) is 0 Å². The van der Waals surface area contributed by atoms with Crippen LogP contribution in [0.3, 0.4) is 0 Å². The van der Waals surface area contributed by atoms with Crippen molar-refractivity contribution in [1.82, 2.24) is 9.55 Å². The third-order valence-corrected chi connectivity index (χ3v) is 18.5. The SMILES string of the molecule is Cc1cn([C@@H]2O[C@H](CO[Si](C)(C)C(C)(C)C)C3(OS(=O)(=O)C=C3N)[C@H]2O[Si](C)(C)C(C)(C)C)c(=O)[nH]c1=O. The number of nitrogens with one attached hydrogen (secondary N) is 1. The Morgan fingerprint density at radius 1 is 1.08 bits per heavy atom. The monoisotopic (exact) mass is 589 g/mol. The quantitative estimate of drug-likeness (QED) is 0.377. The zero-order chi connectivity index (χ0) is 29.3. The number of nitrogens with zero attached hydrogens (tertiary/aromatic N) is 1. The van der Waals surface area contributed by atoms with E-state index < -0.39 is 62.0 Å². The Morgan fingerprint density at radius 3 is 2.11 bits per heavy atom. The van der Waals surface area contributed by atoms with E-state index in [1.165, 1.54) is 10.8 Å². The van der Waals surface area contributed by atoms with Crippen molar-refractivity contribution < 1.29 is 26.2 Å². The van der Waals surface area contributed by atoms with Gasteiger partial charge < -0.3 is 19.3 Å². The molecule has 2 aliphatic rings. The van der Waals surface area contributed by atoms with Crippen LogP contribution in [-0.2, 0) is 27.9 Å². The molecule has 1 aromatic rings. The Hall–Kier alpha value is -1.56. The molecule has 3 heterocycles. The van der Waals surface area contributed by atoms with Gasteiger partial charge in [-0.15, -0.1) is 0 Å². The maximum Gasteiger partial charge on any atom is 0.330 e. The van der Waals surface area contributed by atoms with Gasteiger partial charge in [-0.3, -0.25) is 14.3 Å². The van der Waals surface area contributed by atoms with E-state index in [4.69, 9.17) is 23.5 Å². The van der Waals surface area contributed by atoms with Gasteiger partial charge in [0.1, 0.15) is 12.2 Å². The van der Waals surface area contributed by atoms with Crippen molar-refractivity contribution >= 4 is 26.8 Å². The van der Waals surface area contributed by atoms with Crippen LogP contribution in [0.4, 0.5) is 0 Å². The van der Waals surface area contributed by atoms with Gasteiger partial charge in [0.25, 0.3) is 15.7 Å². The molecule has 0 aliphatic carbocycles. The van der Waals surface area contributed by atoms with Crippen LogP contribution in [0.15, 0.2) is 26.9 Å². The summed E-state index contributed by atoms with van der Waals surface area (Å²) in [6.45, 7) is 22.0. The normalized spacial score (nSPS) is 28.2. The molecule has 1 saturated heterocycles. The van der Waals surface area contributed by atoms with Gasteiger partial charge in [-0.05, 0) is 43.2 Å². The highest BCUT2D eigenvalue weighted by Gasteiger charge is 2.67. The average Bonchev–Trinajstić information content (AvgIpc) is 3.14. The molecule has 0 saturated carbocycles. The van der Waals surface area contributed by atoms with Crippen molar-refractivity contribution in [3.63, 3.8) is 0 Å². The molecule has 2 aliphatic heterocycles. The van der Waals surface area contributed by atoms with Crippen molar-refractivity contribution in [2.24, 2.45) is 5.73 Å². The summed E-state index contributed by atoms with van der Waals surface area (Å²) in [6, 6.07) is 0. The summed E-state index contributed by atoms with van der Waals surface area (Å²) in [4.78, 5) is 27.4. The first-order chi connectivity index (χ1) is 17.0. The first-order valence-electron chi connectivity index (χ1n) is 12.7. The third-order valence-electron chi connectivity index (χ3n) is 8.49. The molecule has 1 aromatic heterocycles. The maximum atomic E-state index is 13.0. The number of aromatic nitrogens is 2. The van der Waals surface area contributed by atoms with Crippen LogP contribution in [0.5, 0.6) is 0 Å². The minimum absolute atomic E-state index is 0.0362. The van der Waals surface area contributed by atoms with Crippen LogP contribution in [-0.4, -0.2) is 59.0 Å². The largest absolute Gasteiger partial charge is 0.414 e. The number of nitrogens with two attached hydrogens (primary N) is 1. The molecule has 38 heavy (non-hydrogen) atoms. The molecule has 3 N–H and O–H groups in total. The molecule has 1 spiro atoms. The molecular formula is C24H43N3O8SSi2. The van der Waals surface area contributed by atoms with E-state index in [2.05, 4.69) is 38.8 Å². The van der Waals surface area contributed by atoms with E-state index in [9.17, 15) is 18.0 Å². The number of H-pyrrole nitrogens is 1. The molecule has 14 heteroatoms. The van der Waals surface area contributed by atoms with Gasteiger partial charge in [-0.2, -0.15) is 8.42 Å². The summed E-state index contributed by atoms with van der Waals surface area (Å²) < 4.78 is 52.2. The topological polar surface area (TPSA) is 152 Å². The Labute approximate surface area is 227 Å². The lowest BCUT2D eigenvalue weighted by molar-refractivity contribution is -0.0563. The molecule has 0 amide bonds. The minimum atomic E-state index is -4.18. The van der Waals surface area contributed by atoms with E-state index in [1.54, 1.807) is 6.92 Å². The molecular weight excluding hydrogens is 547 g/mol. The van der Waals surface area contributed by atoms with Crippen LogP contribution in [0.2, 0.25) is 36.3 Å². The summed E-state index contributed by atoms with van der Waals surface area (Å²) in [5.74, 6) is 0. The van der Waals surface area contributed by atoms with Gasteiger partial charge in [0.15, 0.2) is 28.5 Å². The van der Waals surface area contributed by atoms with Crippen molar-refractivity contribution in [3.05, 3.63) is 43.7 Å². The molecule has 3 rings (SSSR count). The first kappa shape index (κ1) is 31.0. The van der Waals surface area contributed by atoms with E-state index in [-0.39, 0.29) is 27.9 Å². The van der Waals surface area contributed by atoms with Gasteiger partial charge in [0.2, 0.25) is 0 Å². The Morgan fingerprint density at radius 2 is 1.63 bits per heavy atom. The summed E-state index contributed by atoms with van der Waals surface area (Å²) in [5.41, 5.74) is 3.61. The molecule has 0 radical (unpaired) electrons. The highest BCUT2D eigenvalue weighted by atomic mass is 32.2. The van der Waals surface area contributed by atoms with Crippen LogP contribution < -0.4 is 17.0 Å². The van der Waals surface area contributed by atoms with Crippen molar-refractivity contribution in [2.45, 2.75) is 109 Å². The predicted molar refractivity (Wildman–Crippen MR) is 150 cm³/mol. The minimum Gasteiger partial charge on any atom is -0.414 e. The predicted octanol–water partition coefficient (Wildman–Crippen LogP) is 3.05. The van der Waals surface area contributed by atoms with Crippen LogP contribution >= 0.6 is 0 Å². The Bertz CT molecular complexity index is 1340. The summed E-state index contributed by atoms with van der Waals surface area (Å²) >= 11 is 0. The molecule has 0 bridgehead atoms. The summed E-state index contributed by atoms with van der Waals surface area (Å²) in [7, 11) is -9.13. The standard InChI is InChI=1S/C24H43N3O8SSi2/c1-15-12-27(21(29)26-19(15)28)20-18(34-38(10,11)23(5,6)7)24(16(25)14-36(30,31)35-24)17(33-20)13-32-37(8,9)22(2,3)4/h12,14,17-18,20H,13,25H2,1-11H3,(H,26,28,29)/t17-,18+,20-,24?/m1/s1. The number of ether oxygens (including phenoxy) is 1. The van der Waals surface area contributed by atoms with Gasteiger partial charge in [-0.1, -0.05) is 41.5 Å². The highest BCUT2D eigenvalue weighted by molar-refractivity contribution is 7.90. The van der Waals surface area contributed by atoms with E-state index in [0.717, 1.165) is 5.41 Å². The van der Waals surface area contributed by atoms with E-state index in [0.29, 0.717) is 0 Å². The zero-order valence-electron chi connectivity index (χ0n) is 24.3. The maximum absolute atomic E-state index is 13.0.